The van der Waals surface area contributed by atoms with Gasteiger partial charge in [-0.1, -0.05) is 26.0 Å². The minimum atomic E-state index is -1.16. The molecule has 0 aromatic heterocycles. The zero-order valence-corrected chi connectivity index (χ0v) is 12.1. The first-order valence-corrected chi connectivity index (χ1v) is 6.13. The summed E-state index contributed by atoms with van der Waals surface area (Å²) in [4.78, 5) is 12.0. The third kappa shape index (κ3) is 4.50. The molecule has 0 aliphatic carbocycles. The van der Waals surface area contributed by atoms with Gasteiger partial charge in [0.1, 0.15) is 5.60 Å². The Morgan fingerprint density at radius 1 is 1.24 bits per heavy atom. The first-order valence-electron chi connectivity index (χ1n) is 6.13. The number of rotatable bonds is 4. The Bertz CT molecular complexity index is 286. The van der Waals surface area contributed by atoms with E-state index in [-0.39, 0.29) is 11.9 Å². The quantitative estimate of drug-likeness (QED) is 0.609. The molecule has 0 aliphatic rings. The molecule has 0 saturated heterocycles. The van der Waals surface area contributed by atoms with Gasteiger partial charge in [-0.05, 0) is 40.5 Å². The Balaban J connectivity index is 4.98. The van der Waals surface area contributed by atoms with Crippen LogP contribution in [0.2, 0.25) is 0 Å². The van der Waals surface area contributed by atoms with E-state index in [0.29, 0.717) is 0 Å². The van der Waals surface area contributed by atoms with E-state index < -0.39 is 17.1 Å². The number of ether oxygens (including phenoxy) is 1. The van der Waals surface area contributed by atoms with E-state index in [9.17, 15) is 9.90 Å². The molecular weight excluding hydrogens is 216 g/mol. The second-order valence-electron chi connectivity index (χ2n) is 5.80. The van der Waals surface area contributed by atoms with Crippen LogP contribution in [0.25, 0.3) is 0 Å². The Morgan fingerprint density at radius 2 is 1.71 bits per heavy atom. The molecule has 0 aromatic rings. The van der Waals surface area contributed by atoms with Crippen LogP contribution in [0, 0.1) is 11.8 Å². The molecular formula is C14H26O3. The molecule has 0 aliphatic heterocycles. The first-order chi connectivity index (χ1) is 7.54. The second-order valence-corrected chi connectivity index (χ2v) is 5.80. The van der Waals surface area contributed by atoms with Crippen LogP contribution in [-0.4, -0.2) is 22.3 Å². The number of allylic oxidation sites excluding steroid dienone is 1. The van der Waals surface area contributed by atoms with Gasteiger partial charge in [0.2, 0.25) is 0 Å². The van der Waals surface area contributed by atoms with E-state index in [2.05, 4.69) is 0 Å². The molecule has 0 aromatic carbocycles. The average molecular weight is 242 g/mol. The van der Waals surface area contributed by atoms with Gasteiger partial charge in [-0.3, -0.25) is 4.79 Å². The maximum absolute atomic E-state index is 12.0. The molecule has 0 fully saturated rings. The standard InChI is InChI=1S/C14H26O3/c1-8-9-14(16,10(2)3)11(4)12(15)17-13(5,6)7/h8-11,16H,1-7H3/b9-8+. The van der Waals surface area contributed by atoms with Crippen molar-refractivity contribution in [2.75, 3.05) is 0 Å². The Hall–Kier alpha value is -0.830. The summed E-state index contributed by atoms with van der Waals surface area (Å²) >= 11 is 0. The highest BCUT2D eigenvalue weighted by Gasteiger charge is 2.40. The van der Waals surface area contributed by atoms with Gasteiger partial charge in [-0.15, -0.1) is 0 Å². The average Bonchev–Trinajstić information content (AvgIpc) is 2.13. The normalized spacial score (nSPS) is 18.2. The number of hydrogen-bond donors (Lipinski definition) is 1. The fourth-order valence-electron chi connectivity index (χ4n) is 1.68. The third-order valence-corrected chi connectivity index (χ3v) is 2.81. The highest BCUT2D eigenvalue weighted by atomic mass is 16.6. The molecule has 3 nitrogen and oxygen atoms in total. The van der Waals surface area contributed by atoms with E-state index in [1.54, 1.807) is 19.1 Å². The topological polar surface area (TPSA) is 46.5 Å². The van der Waals surface area contributed by atoms with Crippen molar-refractivity contribution < 1.29 is 14.6 Å². The third-order valence-electron chi connectivity index (χ3n) is 2.81. The van der Waals surface area contributed by atoms with Crippen LogP contribution in [0.15, 0.2) is 12.2 Å². The van der Waals surface area contributed by atoms with Crippen LogP contribution in [0.4, 0.5) is 0 Å². The Labute approximate surface area is 105 Å². The minimum Gasteiger partial charge on any atom is -0.460 e. The molecule has 0 saturated carbocycles. The minimum absolute atomic E-state index is 0.0544. The van der Waals surface area contributed by atoms with Gasteiger partial charge in [-0.25, -0.2) is 0 Å². The van der Waals surface area contributed by atoms with E-state index in [0.717, 1.165) is 0 Å². The van der Waals surface area contributed by atoms with Crippen LogP contribution in [0.3, 0.4) is 0 Å². The summed E-state index contributed by atoms with van der Waals surface area (Å²) < 4.78 is 5.31. The van der Waals surface area contributed by atoms with Crippen molar-refractivity contribution in [3.8, 4) is 0 Å². The van der Waals surface area contributed by atoms with Crippen molar-refractivity contribution in [1.29, 1.82) is 0 Å². The van der Waals surface area contributed by atoms with Crippen LogP contribution in [-0.2, 0) is 9.53 Å². The highest BCUT2D eigenvalue weighted by Crippen LogP contribution is 2.30. The zero-order chi connectivity index (χ0) is 13.9. The predicted molar refractivity (Wildman–Crippen MR) is 69.6 cm³/mol. The van der Waals surface area contributed by atoms with Crippen molar-refractivity contribution in [1.82, 2.24) is 0 Å². The summed E-state index contributed by atoms with van der Waals surface area (Å²) in [6.45, 7) is 12.8. The van der Waals surface area contributed by atoms with E-state index in [4.69, 9.17) is 4.74 Å². The Morgan fingerprint density at radius 3 is 2.00 bits per heavy atom. The van der Waals surface area contributed by atoms with Crippen molar-refractivity contribution in [3.63, 3.8) is 0 Å². The van der Waals surface area contributed by atoms with E-state index >= 15 is 0 Å². The number of esters is 1. The van der Waals surface area contributed by atoms with Crippen molar-refractivity contribution in [2.45, 2.75) is 59.7 Å². The van der Waals surface area contributed by atoms with Crippen LogP contribution in [0.5, 0.6) is 0 Å². The number of carbonyl (C=O) groups is 1. The summed E-state index contributed by atoms with van der Waals surface area (Å²) in [5.41, 5.74) is -1.68. The SMILES string of the molecule is C/C=C/C(O)(C(C)C)C(C)C(=O)OC(C)(C)C. The lowest BCUT2D eigenvalue weighted by atomic mass is 9.79. The van der Waals surface area contributed by atoms with Gasteiger partial charge >= 0.3 is 5.97 Å². The molecule has 0 amide bonds. The van der Waals surface area contributed by atoms with Gasteiger partial charge in [0.05, 0.1) is 11.5 Å². The molecule has 17 heavy (non-hydrogen) atoms. The Kier molecular flexibility index (Phi) is 5.40. The molecule has 0 heterocycles. The first kappa shape index (κ1) is 16.2. The van der Waals surface area contributed by atoms with E-state index in [1.807, 2.05) is 41.5 Å². The fourth-order valence-corrected chi connectivity index (χ4v) is 1.68. The van der Waals surface area contributed by atoms with Crippen LogP contribution >= 0.6 is 0 Å². The number of hydrogen-bond acceptors (Lipinski definition) is 3. The molecule has 2 unspecified atom stereocenters. The summed E-state index contributed by atoms with van der Waals surface area (Å²) in [7, 11) is 0. The number of aliphatic hydroxyl groups is 1. The van der Waals surface area contributed by atoms with Crippen molar-refractivity contribution >= 4 is 5.97 Å². The largest absolute Gasteiger partial charge is 0.460 e. The molecule has 2 atom stereocenters. The maximum Gasteiger partial charge on any atom is 0.312 e. The fraction of sp³-hybridized carbons (Fsp3) is 0.786. The van der Waals surface area contributed by atoms with Crippen LogP contribution in [0.1, 0.15) is 48.5 Å². The lowest BCUT2D eigenvalue weighted by Crippen LogP contribution is -2.45. The lowest BCUT2D eigenvalue weighted by molar-refractivity contribution is -0.168. The van der Waals surface area contributed by atoms with Gasteiger partial charge in [0, 0.05) is 0 Å². The lowest BCUT2D eigenvalue weighted by Gasteiger charge is -2.35. The molecule has 3 heteroatoms. The van der Waals surface area contributed by atoms with Crippen molar-refractivity contribution in [3.05, 3.63) is 12.2 Å². The van der Waals surface area contributed by atoms with Gasteiger partial charge < -0.3 is 9.84 Å². The van der Waals surface area contributed by atoms with Gasteiger partial charge in [0.25, 0.3) is 0 Å². The van der Waals surface area contributed by atoms with Gasteiger partial charge in [0.15, 0.2) is 0 Å². The summed E-state index contributed by atoms with van der Waals surface area (Å²) in [6, 6.07) is 0. The monoisotopic (exact) mass is 242 g/mol. The van der Waals surface area contributed by atoms with Gasteiger partial charge in [-0.2, -0.15) is 0 Å². The predicted octanol–water partition coefficient (Wildman–Crippen LogP) is 2.93. The molecule has 1 N–H and O–H groups in total. The summed E-state index contributed by atoms with van der Waals surface area (Å²) in [6.07, 6.45) is 3.44. The second kappa shape index (κ2) is 5.67. The molecule has 0 spiro atoms. The summed E-state index contributed by atoms with van der Waals surface area (Å²) in [5.74, 6) is -1.01. The zero-order valence-electron chi connectivity index (χ0n) is 12.1. The molecule has 0 rings (SSSR count). The van der Waals surface area contributed by atoms with Crippen LogP contribution < -0.4 is 0 Å². The molecule has 0 radical (unpaired) electrons. The number of carbonyl (C=O) groups excluding carboxylic acids is 1. The van der Waals surface area contributed by atoms with Crippen molar-refractivity contribution in [2.24, 2.45) is 11.8 Å². The summed E-state index contributed by atoms with van der Waals surface area (Å²) in [5, 5.41) is 10.5. The van der Waals surface area contributed by atoms with E-state index in [1.165, 1.54) is 0 Å². The maximum atomic E-state index is 12.0. The highest BCUT2D eigenvalue weighted by molar-refractivity contribution is 5.74. The molecule has 0 bridgehead atoms. The smallest absolute Gasteiger partial charge is 0.312 e. The molecule has 100 valence electrons.